The van der Waals surface area contributed by atoms with Gasteiger partial charge in [-0.05, 0) is 66.5 Å². The number of amides is 2. The van der Waals surface area contributed by atoms with Gasteiger partial charge in [0.1, 0.15) is 5.82 Å². The van der Waals surface area contributed by atoms with Gasteiger partial charge in [-0.1, -0.05) is 41.9 Å². The lowest BCUT2D eigenvalue weighted by Gasteiger charge is -2.40. The molecule has 2 aromatic carbocycles. The predicted octanol–water partition coefficient (Wildman–Crippen LogP) is 5.78. The van der Waals surface area contributed by atoms with Gasteiger partial charge in [0.25, 0.3) is 11.8 Å². The van der Waals surface area contributed by atoms with E-state index >= 15 is 0 Å². The number of carbonyl (C=O) groups excluding carboxylic acids is 2. The number of likely N-dealkylation sites (tertiary alicyclic amines) is 1. The zero-order valence-corrected chi connectivity index (χ0v) is 20.0. The number of nitrogens with zero attached hydrogens (tertiary/aromatic N) is 2. The molecule has 1 aliphatic rings. The van der Waals surface area contributed by atoms with Gasteiger partial charge in [-0.15, -0.1) is 11.3 Å². The monoisotopic (exact) mass is 484 g/mol. The molecule has 1 atom stereocenters. The molecule has 0 radical (unpaired) electrons. The summed E-state index contributed by atoms with van der Waals surface area (Å²) in [4.78, 5) is 30.3. The predicted molar refractivity (Wildman–Crippen MR) is 130 cm³/mol. The van der Waals surface area contributed by atoms with E-state index in [1.165, 1.54) is 17.4 Å². The number of thiophene rings is 1. The number of hydrogen-bond donors (Lipinski definition) is 0. The zero-order valence-electron chi connectivity index (χ0n) is 18.4. The molecule has 0 bridgehead atoms. The van der Waals surface area contributed by atoms with E-state index in [0.717, 1.165) is 12.8 Å². The molecule has 0 aliphatic carbocycles. The lowest BCUT2D eigenvalue weighted by molar-refractivity contribution is 0.0524. The molecule has 172 valence electrons. The van der Waals surface area contributed by atoms with Crippen molar-refractivity contribution in [3.63, 3.8) is 0 Å². The molecule has 0 unspecified atom stereocenters. The summed E-state index contributed by atoms with van der Waals surface area (Å²) < 4.78 is 14.5. The van der Waals surface area contributed by atoms with Crippen molar-refractivity contribution in [2.75, 3.05) is 20.1 Å². The fraction of sp³-hybridized carbons (Fsp3) is 0.308. The van der Waals surface area contributed by atoms with Crippen LogP contribution in [-0.4, -0.2) is 47.8 Å². The van der Waals surface area contributed by atoms with Gasteiger partial charge in [0.05, 0.1) is 4.88 Å². The van der Waals surface area contributed by atoms with Crippen molar-refractivity contribution < 1.29 is 14.0 Å². The van der Waals surface area contributed by atoms with Crippen molar-refractivity contribution >= 4 is 34.8 Å². The molecule has 2 amide bonds. The minimum Gasteiger partial charge on any atom is -0.339 e. The van der Waals surface area contributed by atoms with Crippen LogP contribution >= 0.6 is 22.9 Å². The SMILES string of the molecule is CN(C(=O)c1cccs1)[C@@H](Cc1ccccc1F)C1CCN(C(=O)c2cccc(Cl)c2)CC1. The minimum atomic E-state index is -0.256. The highest BCUT2D eigenvalue weighted by Gasteiger charge is 2.34. The van der Waals surface area contributed by atoms with Crippen LogP contribution in [0.15, 0.2) is 66.0 Å². The average molecular weight is 485 g/mol. The standard InChI is InChI=1S/C26H26ClFN2O2S/c1-29(26(32)24-10-5-15-33-24)23(17-19-6-2-3-9-22(19)28)18-11-13-30(14-12-18)25(31)20-7-4-8-21(27)16-20/h2-10,15-16,18,23H,11-14,17H2,1H3/t23-/m0/s1. The number of likely N-dealkylation sites (N-methyl/N-ethyl adjacent to an activating group) is 1. The van der Waals surface area contributed by atoms with E-state index in [9.17, 15) is 14.0 Å². The third-order valence-corrected chi connectivity index (χ3v) is 7.47. The molecule has 0 spiro atoms. The summed E-state index contributed by atoms with van der Waals surface area (Å²) >= 11 is 7.46. The molecule has 1 saturated heterocycles. The van der Waals surface area contributed by atoms with Crippen LogP contribution in [0.3, 0.4) is 0 Å². The highest BCUT2D eigenvalue weighted by atomic mass is 35.5. The van der Waals surface area contributed by atoms with Gasteiger partial charge < -0.3 is 9.80 Å². The third kappa shape index (κ3) is 5.45. The lowest BCUT2D eigenvalue weighted by atomic mass is 9.84. The van der Waals surface area contributed by atoms with E-state index in [2.05, 4.69) is 0 Å². The second kappa shape index (κ2) is 10.5. The van der Waals surface area contributed by atoms with Crippen LogP contribution in [0, 0.1) is 11.7 Å². The van der Waals surface area contributed by atoms with Crippen molar-refractivity contribution in [2.45, 2.75) is 25.3 Å². The van der Waals surface area contributed by atoms with Crippen molar-refractivity contribution in [1.82, 2.24) is 9.80 Å². The molecular formula is C26H26ClFN2O2S. The summed E-state index contributed by atoms with van der Waals surface area (Å²) in [6.45, 7) is 1.18. The Morgan fingerprint density at radius 1 is 1.12 bits per heavy atom. The molecule has 1 aliphatic heterocycles. The Hall–Kier alpha value is -2.70. The quantitative estimate of drug-likeness (QED) is 0.445. The van der Waals surface area contributed by atoms with Crippen LogP contribution in [0.4, 0.5) is 4.39 Å². The summed E-state index contributed by atoms with van der Waals surface area (Å²) in [7, 11) is 1.80. The Labute approximate surface area is 202 Å². The van der Waals surface area contributed by atoms with Gasteiger partial charge in [-0.2, -0.15) is 0 Å². The molecule has 1 aromatic heterocycles. The summed E-state index contributed by atoms with van der Waals surface area (Å²) in [6.07, 6.45) is 1.92. The largest absolute Gasteiger partial charge is 0.339 e. The van der Waals surface area contributed by atoms with Crippen LogP contribution in [0.1, 0.15) is 38.4 Å². The van der Waals surface area contributed by atoms with Crippen molar-refractivity contribution in [3.05, 3.63) is 92.9 Å². The molecule has 0 N–H and O–H groups in total. The lowest BCUT2D eigenvalue weighted by Crippen LogP contribution is -2.48. The van der Waals surface area contributed by atoms with Crippen molar-refractivity contribution in [2.24, 2.45) is 5.92 Å². The van der Waals surface area contributed by atoms with E-state index in [4.69, 9.17) is 11.6 Å². The average Bonchev–Trinajstić information content (AvgIpc) is 3.37. The van der Waals surface area contributed by atoms with E-state index in [-0.39, 0.29) is 29.6 Å². The van der Waals surface area contributed by atoms with E-state index in [1.54, 1.807) is 48.3 Å². The highest BCUT2D eigenvalue weighted by molar-refractivity contribution is 7.12. The van der Waals surface area contributed by atoms with Gasteiger partial charge in [0.2, 0.25) is 0 Å². The third-order valence-electron chi connectivity index (χ3n) is 6.38. The van der Waals surface area contributed by atoms with Gasteiger partial charge in [0.15, 0.2) is 0 Å². The van der Waals surface area contributed by atoms with Gasteiger partial charge in [-0.3, -0.25) is 9.59 Å². The van der Waals surface area contributed by atoms with E-state index in [0.29, 0.717) is 40.5 Å². The fourth-order valence-electron chi connectivity index (χ4n) is 4.53. The molecule has 7 heteroatoms. The molecule has 0 saturated carbocycles. The van der Waals surface area contributed by atoms with Gasteiger partial charge >= 0.3 is 0 Å². The molecule has 4 rings (SSSR count). The second-order valence-corrected chi connectivity index (χ2v) is 9.78. The fourth-order valence-corrected chi connectivity index (χ4v) is 5.42. The van der Waals surface area contributed by atoms with Crippen LogP contribution in [0.25, 0.3) is 0 Å². The Balaban J connectivity index is 1.50. The number of carbonyl (C=O) groups is 2. The Kier molecular flexibility index (Phi) is 7.46. The first kappa shape index (κ1) is 23.5. The Morgan fingerprint density at radius 2 is 1.88 bits per heavy atom. The summed E-state index contributed by atoms with van der Waals surface area (Å²) in [5, 5.41) is 2.42. The maximum absolute atomic E-state index is 14.5. The summed E-state index contributed by atoms with van der Waals surface area (Å²) in [5.41, 5.74) is 1.18. The summed E-state index contributed by atoms with van der Waals surface area (Å²) in [5.74, 6) is -0.191. The smallest absolute Gasteiger partial charge is 0.263 e. The molecule has 3 aromatic rings. The maximum atomic E-state index is 14.5. The van der Waals surface area contributed by atoms with E-state index in [1.807, 2.05) is 28.5 Å². The molecule has 33 heavy (non-hydrogen) atoms. The first-order valence-electron chi connectivity index (χ1n) is 11.0. The number of benzene rings is 2. The molecule has 2 heterocycles. The van der Waals surface area contributed by atoms with Gasteiger partial charge in [0, 0.05) is 36.8 Å². The van der Waals surface area contributed by atoms with Crippen LogP contribution < -0.4 is 0 Å². The Bertz CT molecular complexity index is 1110. The number of piperidine rings is 1. The number of rotatable bonds is 6. The highest BCUT2D eigenvalue weighted by Crippen LogP contribution is 2.29. The maximum Gasteiger partial charge on any atom is 0.263 e. The first-order valence-corrected chi connectivity index (χ1v) is 12.3. The van der Waals surface area contributed by atoms with Crippen LogP contribution in [0.2, 0.25) is 5.02 Å². The van der Waals surface area contributed by atoms with E-state index < -0.39 is 0 Å². The Morgan fingerprint density at radius 3 is 2.55 bits per heavy atom. The summed E-state index contributed by atoms with van der Waals surface area (Å²) in [6, 6.07) is 17.2. The normalized spacial score (nSPS) is 15.3. The number of hydrogen-bond acceptors (Lipinski definition) is 3. The molecule has 1 fully saturated rings. The first-order chi connectivity index (χ1) is 15.9. The second-order valence-electron chi connectivity index (χ2n) is 8.40. The molecule has 4 nitrogen and oxygen atoms in total. The molecular weight excluding hydrogens is 459 g/mol. The number of halogens is 2. The minimum absolute atomic E-state index is 0.0374. The van der Waals surface area contributed by atoms with Gasteiger partial charge in [-0.25, -0.2) is 4.39 Å². The van der Waals surface area contributed by atoms with Crippen LogP contribution in [0.5, 0.6) is 0 Å². The van der Waals surface area contributed by atoms with Crippen LogP contribution in [-0.2, 0) is 6.42 Å². The van der Waals surface area contributed by atoms with Crippen molar-refractivity contribution in [3.8, 4) is 0 Å². The van der Waals surface area contributed by atoms with Crippen molar-refractivity contribution in [1.29, 1.82) is 0 Å². The topological polar surface area (TPSA) is 40.6 Å². The zero-order chi connectivity index (χ0) is 23.4.